The Kier molecular flexibility index (Phi) is 4.83. The van der Waals surface area contributed by atoms with Gasteiger partial charge in [-0.2, -0.15) is 0 Å². The van der Waals surface area contributed by atoms with Gasteiger partial charge in [-0.25, -0.2) is 0 Å². The van der Waals surface area contributed by atoms with Crippen LogP contribution in [-0.4, -0.2) is 8.07 Å². The van der Waals surface area contributed by atoms with Crippen LogP contribution in [0.25, 0.3) is 0 Å². The lowest BCUT2D eigenvalue weighted by molar-refractivity contribution is 1.41. The molecule has 2 aromatic carbocycles. The van der Waals surface area contributed by atoms with Crippen molar-refractivity contribution in [2.45, 2.75) is 19.5 Å². The van der Waals surface area contributed by atoms with Crippen LogP contribution in [0.15, 0.2) is 60.7 Å². The van der Waals surface area contributed by atoms with E-state index in [0.29, 0.717) is 0 Å². The van der Waals surface area contributed by atoms with E-state index in [-0.39, 0.29) is 0 Å². The minimum atomic E-state index is -1.81. The molecule has 0 heterocycles. The predicted octanol–water partition coefficient (Wildman–Crippen LogP) is 4.27. The van der Waals surface area contributed by atoms with Crippen LogP contribution >= 0.6 is 0 Å². The molecule has 0 amide bonds. The second kappa shape index (κ2) is 6.80. The van der Waals surface area contributed by atoms with Gasteiger partial charge in [-0.3, -0.25) is 0 Å². The molecule has 0 aliphatic rings. The Morgan fingerprint density at radius 3 is 1.50 bits per heavy atom. The monoisotopic (exact) mass is 274 g/mol. The maximum absolute atomic E-state index is 3.45. The fraction of sp³-hybridized carbons (Fsp3) is 0.158. The zero-order valence-corrected chi connectivity index (χ0v) is 13.0. The van der Waals surface area contributed by atoms with Crippen molar-refractivity contribution in [1.82, 2.24) is 0 Å². The van der Waals surface area contributed by atoms with Gasteiger partial charge in [0.2, 0.25) is 8.07 Å². The summed E-state index contributed by atoms with van der Waals surface area (Å²) in [5.74, 6) is 6.56. The first kappa shape index (κ1) is 14.2. The third-order valence-corrected chi connectivity index (χ3v) is 5.99. The summed E-state index contributed by atoms with van der Waals surface area (Å²) in [7, 11) is -1.81. The van der Waals surface area contributed by atoms with Crippen molar-refractivity contribution in [3.05, 3.63) is 71.8 Å². The lowest BCUT2D eigenvalue weighted by Crippen LogP contribution is -2.25. The lowest BCUT2D eigenvalue weighted by atomic mass is 10.2. The lowest BCUT2D eigenvalue weighted by Gasteiger charge is -2.09. The summed E-state index contributed by atoms with van der Waals surface area (Å²) in [4.78, 5) is 0. The minimum Gasteiger partial charge on any atom is -0.110 e. The normalized spacial score (nSPS) is 9.90. The minimum absolute atomic E-state index is 1.05. The van der Waals surface area contributed by atoms with E-state index >= 15 is 0 Å². The Hall–Kier alpha value is -2.22. The fourth-order valence-corrected chi connectivity index (χ4v) is 2.93. The maximum atomic E-state index is 3.45. The third-order valence-electron chi connectivity index (χ3n) is 3.22. The van der Waals surface area contributed by atoms with E-state index < -0.39 is 8.07 Å². The van der Waals surface area contributed by atoms with Crippen molar-refractivity contribution < 1.29 is 0 Å². The molecule has 0 aliphatic heterocycles. The largest absolute Gasteiger partial charge is 0.214 e. The highest BCUT2D eigenvalue weighted by atomic mass is 28.3. The van der Waals surface area contributed by atoms with Gasteiger partial charge in [-0.05, 0) is 36.9 Å². The standard InChI is InChI=1S/C19H18Si/c1-3-20(2,16-14-18-10-6-4-7-11-18)17-15-19-12-8-5-9-13-19/h4-13H,3H2,1-2H3. The van der Waals surface area contributed by atoms with E-state index in [9.17, 15) is 0 Å². The SMILES string of the molecule is CC[Si](C)(C#Cc1ccccc1)C#Cc1ccccc1. The Labute approximate surface area is 122 Å². The van der Waals surface area contributed by atoms with Gasteiger partial charge in [0.25, 0.3) is 0 Å². The van der Waals surface area contributed by atoms with Crippen molar-refractivity contribution in [2.75, 3.05) is 0 Å². The van der Waals surface area contributed by atoms with Crippen LogP contribution in [0.3, 0.4) is 0 Å². The zero-order chi connectivity index (χ0) is 14.3. The predicted molar refractivity (Wildman–Crippen MR) is 88.7 cm³/mol. The van der Waals surface area contributed by atoms with Crippen LogP contribution in [0, 0.1) is 22.9 Å². The summed E-state index contributed by atoms with van der Waals surface area (Å²) >= 11 is 0. The molecule has 0 radical (unpaired) electrons. The Balaban J connectivity index is 2.23. The van der Waals surface area contributed by atoms with Crippen molar-refractivity contribution in [2.24, 2.45) is 0 Å². The van der Waals surface area contributed by atoms with Gasteiger partial charge in [0.05, 0.1) is 0 Å². The Bertz CT molecular complexity index is 606. The van der Waals surface area contributed by atoms with Crippen molar-refractivity contribution >= 4 is 8.07 Å². The average molecular weight is 274 g/mol. The molecule has 1 heteroatoms. The summed E-state index contributed by atoms with van der Waals surface area (Å²) < 4.78 is 0. The molecule has 20 heavy (non-hydrogen) atoms. The van der Waals surface area contributed by atoms with E-state index in [4.69, 9.17) is 0 Å². The molecule has 0 saturated heterocycles. The van der Waals surface area contributed by atoms with Crippen molar-refractivity contribution in [1.29, 1.82) is 0 Å². The quantitative estimate of drug-likeness (QED) is 0.538. The Morgan fingerprint density at radius 1 is 0.750 bits per heavy atom. The van der Waals surface area contributed by atoms with Crippen LogP contribution in [0.5, 0.6) is 0 Å². The van der Waals surface area contributed by atoms with Crippen LogP contribution < -0.4 is 0 Å². The molecule has 0 unspecified atom stereocenters. The van der Waals surface area contributed by atoms with Gasteiger partial charge in [0, 0.05) is 11.1 Å². The van der Waals surface area contributed by atoms with Crippen LogP contribution in [0.1, 0.15) is 18.1 Å². The van der Waals surface area contributed by atoms with E-state index in [1.54, 1.807) is 0 Å². The fourth-order valence-electron chi connectivity index (χ4n) is 1.67. The smallest absolute Gasteiger partial charge is 0.110 e. The van der Waals surface area contributed by atoms with E-state index in [0.717, 1.165) is 17.2 Å². The highest BCUT2D eigenvalue weighted by molar-refractivity contribution is 6.93. The molecule has 98 valence electrons. The maximum Gasteiger partial charge on any atom is 0.214 e. The zero-order valence-electron chi connectivity index (χ0n) is 12.0. The molecule has 0 spiro atoms. The second-order valence-corrected chi connectivity index (χ2v) is 8.79. The summed E-state index contributed by atoms with van der Waals surface area (Å²) in [6.45, 7) is 4.42. The number of rotatable bonds is 1. The first-order chi connectivity index (χ1) is 9.72. The van der Waals surface area contributed by atoms with E-state index in [1.807, 2.05) is 60.7 Å². The number of hydrogen-bond donors (Lipinski definition) is 0. The van der Waals surface area contributed by atoms with Gasteiger partial charge in [0.15, 0.2) is 0 Å². The average Bonchev–Trinajstić information content (AvgIpc) is 2.53. The van der Waals surface area contributed by atoms with Crippen LogP contribution in [0.2, 0.25) is 12.6 Å². The first-order valence-corrected chi connectivity index (χ1v) is 9.59. The molecule has 2 aromatic rings. The molecule has 2 rings (SSSR count). The van der Waals surface area contributed by atoms with Gasteiger partial charge >= 0.3 is 0 Å². The highest BCUT2D eigenvalue weighted by Gasteiger charge is 2.19. The summed E-state index contributed by atoms with van der Waals surface area (Å²) in [5.41, 5.74) is 9.04. The van der Waals surface area contributed by atoms with Crippen molar-refractivity contribution in [3.8, 4) is 22.9 Å². The molecule has 0 saturated carbocycles. The molecule has 0 aromatic heterocycles. The van der Waals surface area contributed by atoms with E-state index in [2.05, 4.69) is 36.4 Å². The van der Waals surface area contributed by atoms with Crippen molar-refractivity contribution in [3.63, 3.8) is 0 Å². The summed E-state index contributed by atoms with van der Waals surface area (Å²) in [5, 5.41) is 0. The molecule has 0 aliphatic carbocycles. The summed E-state index contributed by atoms with van der Waals surface area (Å²) in [6, 6.07) is 21.3. The van der Waals surface area contributed by atoms with Crippen LogP contribution in [-0.2, 0) is 0 Å². The second-order valence-electron chi connectivity index (χ2n) is 4.92. The highest BCUT2D eigenvalue weighted by Crippen LogP contribution is 2.08. The van der Waals surface area contributed by atoms with Gasteiger partial charge in [0.1, 0.15) is 0 Å². The topological polar surface area (TPSA) is 0 Å². The third kappa shape index (κ3) is 4.16. The van der Waals surface area contributed by atoms with E-state index in [1.165, 1.54) is 0 Å². The molecule has 0 N–H and O–H groups in total. The van der Waals surface area contributed by atoms with Gasteiger partial charge < -0.3 is 0 Å². The molecular weight excluding hydrogens is 256 g/mol. The Morgan fingerprint density at radius 2 is 1.15 bits per heavy atom. The molecular formula is C19H18Si. The molecule has 0 nitrogen and oxygen atoms in total. The van der Waals surface area contributed by atoms with Gasteiger partial charge in [-0.15, -0.1) is 11.1 Å². The summed E-state index contributed by atoms with van der Waals surface area (Å²) in [6.07, 6.45) is 0. The molecule has 0 bridgehead atoms. The van der Waals surface area contributed by atoms with Crippen LogP contribution in [0.4, 0.5) is 0 Å². The molecule has 0 fully saturated rings. The number of benzene rings is 2. The number of hydrogen-bond acceptors (Lipinski definition) is 0. The van der Waals surface area contributed by atoms with Gasteiger partial charge in [-0.1, -0.05) is 55.2 Å². The first-order valence-electron chi connectivity index (χ1n) is 6.88. The molecule has 0 atom stereocenters.